The molecule has 0 aliphatic rings. The molecule has 23 heavy (non-hydrogen) atoms. The van der Waals surface area contributed by atoms with E-state index < -0.39 is 0 Å². The van der Waals surface area contributed by atoms with E-state index in [0.29, 0.717) is 17.9 Å². The Morgan fingerprint density at radius 1 is 0.957 bits per heavy atom. The minimum absolute atomic E-state index is 0.146. The first kappa shape index (κ1) is 15.2. The Morgan fingerprint density at radius 3 is 2.30 bits per heavy atom. The second kappa shape index (κ2) is 6.62. The molecule has 0 saturated heterocycles. The van der Waals surface area contributed by atoms with Gasteiger partial charge in [-0.3, -0.25) is 0 Å². The Bertz CT molecular complexity index is 816. The zero-order chi connectivity index (χ0) is 16.2. The third kappa shape index (κ3) is 2.96. The number of fused-ring (bicyclic) bond motifs is 1. The van der Waals surface area contributed by atoms with Crippen molar-refractivity contribution in [3.05, 3.63) is 48.3 Å². The quantitative estimate of drug-likeness (QED) is 0.785. The highest BCUT2D eigenvalue weighted by molar-refractivity contribution is 5.94. The minimum atomic E-state index is 0.146. The fourth-order valence-electron chi connectivity index (χ4n) is 2.57. The zero-order valence-corrected chi connectivity index (χ0v) is 13.1. The number of ether oxygens (including phenoxy) is 2. The van der Waals surface area contributed by atoms with Crippen LogP contribution in [0.5, 0.6) is 11.5 Å². The zero-order valence-electron chi connectivity index (χ0n) is 13.1. The maximum Gasteiger partial charge on any atom is 0.162 e. The van der Waals surface area contributed by atoms with E-state index >= 15 is 0 Å². The van der Waals surface area contributed by atoms with Crippen LogP contribution in [0.4, 0.5) is 0 Å². The lowest BCUT2D eigenvalue weighted by Crippen LogP contribution is -1.95. The van der Waals surface area contributed by atoms with E-state index in [2.05, 4.69) is 9.97 Å². The number of nitrogens with zero attached hydrogens (tertiary/aromatic N) is 2. The van der Waals surface area contributed by atoms with Gasteiger partial charge in [-0.1, -0.05) is 24.3 Å². The molecule has 0 aliphatic heterocycles. The van der Waals surface area contributed by atoms with Crippen LogP contribution in [0.15, 0.2) is 42.7 Å². The van der Waals surface area contributed by atoms with E-state index in [9.17, 15) is 0 Å². The van der Waals surface area contributed by atoms with Crippen molar-refractivity contribution in [2.45, 2.75) is 6.42 Å². The van der Waals surface area contributed by atoms with E-state index in [1.54, 1.807) is 20.5 Å². The summed E-state index contributed by atoms with van der Waals surface area (Å²) in [4.78, 5) is 8.75. The van der Waals surface area contributed by atoms with E-state index in [4.69, 9.17) is 14.6 Å². The monoisotopic (exact) mass is 310 g/mol. The number of benzene rings is 2. The van der Waals surface area contributed by atoms with Crippen molar-refractivity contribution in [3.63, 3.8) is 0 Å². The highest BCUT2D eigenvalue weighted by atomic mass is 16.5. The van der Waals surface area contributed by atoms with Crippen LogP contribution in [0.3, 0.4) is 0 Å². The van der Waals surface area contributed by atoms with E-state index in [1.165, 1.54) is 0 Å². The number of aromatic nitrogens is 2. The van der Waals surface area contributed by atoms with Gasteiger partial charge in [0.15, 0.2) is 11.5 Å². The largest absolute Gasteiger partial charge is 0.493 e. The van der Waals surface area contributed by atoms with Gasteiger partial charge in [-0.05, 0) is 18.1 Å². The topological polar surface area (TPSA) is 64.5 Å². The molecule has 118 valence electrons. The summed E-state index contributed by atoms with van der Waals surface area (Å²) in [6, 6.07) is 11.7. The van der Waals surface area contributed by atoms with Crippen molar-refractivity contribution in [2.24, 2.45) is 0 Å². The third-order valence-corrected chi connectivity index (χ3v) is 3.77. The van der Waals surface area contributed by atoms with Gasteiger partial charge < -0.3 is 14.6 Å². The first-order valence-electron chi connectivity index (χ1n) is 7.33. The van der Waals surface area contributed by atoms with Gasteiger partial charge in [0.2, 0.25) is 0 Å². The Kier molecular flexibility index (Phi) is 4.39. The number of hydrogen-bond acceptors (Lipinski definition) is 5. The molecule has 1 heterocycles. The smallest absolute Gasteiger partial charge is 0.162 e. The number of hydrogen-bond donors (Lipinski definition) is 1. The van der Waals surface area contributed by atoms with Crippen LogP contribution in [0.2, 0.25) is 0 Å². The number of rotatable bonds is 5. The molecule has 1 aromatic heterocycles. The molecule has 0 spiro atoms. The third-order valence-electron chi connectivity index (χ3n) is 3.77. The van der Waals surface area contributed by atoms with E-state index in [-0.39, 0.29) is 6.61 Å². The van der Waals surface area contributed by atoms with Gasteiger partial charge in [0.1, 0.15) is 6.33 Å². The van der Waals surface area contributed by atoms with E-state index in [1.807, 2.05) is 36.4 Å². The number of aliphatic hydroxyl groups is 1. The summed E-state index contributed by atoms with van der Waals surface area (Å²) in [7, 11) is 3.21. The maximum atomic E-state index is 9.01. The molecule has 0 amide bonds. The molecule has 2 aromatic carbocycles. The highest BCUT2D eigenvalue weighted by Gasteiger charge is 2.12. The molecule has 1 N–H and O–H groups in total. The summed E-state index contributed by atoms with van der Waals surface area (Å²) < 4.78 is 10.7. The molecule has 0 fully saturated rings. The van der Waals surface area contributed by atoms with Crippen molar-refractivity contribution < 1.29 is 14.6 Å². The molecular weight excluding hydrogens is 292 g/mol. The summed E-state index contributed by atoms with van der Waals surface area (Å²) >= 11 is 0. The minimum Gasteiger partial charge on any atom is -0.493 e. The Morgan fingerprint density at radius 2 is 1.65 bits per heavy atom. The van der Waals surface area contributed by atoms with Crippen LogP contribution in [0.25, 0.3) is 22.2 Å². The molecule has 0 bridgehead atoms. The standard InChI is InChI=1S/C18H18N2O3/c1-22-16-9-14-15(10-17(16)23-2)19-11-20-18(14)13-5-3-12(4-6-13)7-8-21/h3-6,9-11,21H,7-8H2,1-2H3. The van der Waals surface area contributed by atoms with Crippen molar-refractivity contribution >= 4 is 10.9 Å². The molecule has 3 aromatic rings. The van der Waals surface area contributed by atoms with Gasteiger partial charge in [-0.15, -0.1) is 0 Å². The van der Waals surface area contributed by atoms with Gasteiger partial charge in [0.25, 0.3) is 0 Å². The molecule has 3 rings (SSSR count). The van der Waals surface area contributed by atoms with Crippen LogP contribution in [0.1, 0.15) is 5.56 Å². The molecule has 5 nitrogen and oxygen atoms in total. The van der Waals surface area contributed by atoms with Gasteiger partial charge in [-0.25, -0.2) is 9.97 Å². The van der Waals surface area contributed by atoms with Gasteiger partial charge in [0.05, 0.1) is 25.4 Å². The summed E-state index contributed by atoms with van der Waals surface area (Å²) in [6.07, 6.45) is 2.20. The van der Waals surface area contributed by atoms with Gasteiger partial charge >= 0.3 is 0 Å². The summed E-state index contributed by atoms with van der Waals surface area (Å²) in [6.45, 7) is 0.146. The number of aliphatic hydroxyl groups excluding tert-OH is 1. The molecule has 0 radical (unpaired) electrons. The van der Waals surface area contributed by atoms with E-state index in [0.717, 1.165) is 27.7 Å². The van der Waals surface area contributed by atoms with Crippen LogP contribution in [0, 0.1) is 0 Å². The molecule has 0 atom stereocenters. The summed E-state index contributed by atoms with van der Waals surface area (Å²) in [5.41, 5.74) is 3.72. The predicted molar refractivity (Wildman–Crippen MR) is 88.9 cm³/mol. The Labute approximate surface area is 134 Å². The fraction of sp³-hybridized carbons (Fsp3) is 0.222. The lowest BCUT2D eigenvalue weighted by molar-refractivity contribution is 0.299. The lowest BCUT2D eigenvalue weighted by Gasteiger charge is -2.11. The predicted octanol–water partition coefficient (Wildman–Crippen LogP) is 2.85. The second-order valence-electron chi connectivity index (χ2n) is 5.12. The second-order valence-corrected chi connectivity index (χ2v) is 5.12. The van der Waals surface area contributed by atoms with Crippen molar-refractivity contribution in [2.75, 3.05) is 20.8 Å². The fourth-order valence-corrected chi connectivity index (χ4v) is 2.57. The van der Waals surface area contributed by atoms with Gasteiger partial charge in [-0.2, -0.15) is 0 Å². The highest BCUT2D eigenvalue weighted by Crippen LogP contribution is 2.35. The first-order valence-corrected chi connectivity index (χ1v) is 7.33. The lowest BCUT2D eigenvalue weighted by atomic mass is 10.0. The van der Waals surface area contributed by atoms with Crippen LogP contribution in [-0.4, -0.2) is 35.9 Å². The Hall–Kier alpha value is -2.66. The SMILES string of the molecule is COc1cc2ncnc(-c3ccc(CCO)cc3)c2cc1OC. The normalized spacial score (nSPS) is 10.7. The average Bonchev–Trinajstić information content (AvgIpc) is 2.61. The molecule has 0 unspecified atom stereocenters. The molecule has 5 heteroatoms. The average molecular weight is 310 g/mol. The summed E-state index contributed by atoms with van der Waals surface area (Å²) in [5, 5.41) is 9.91. The number of methoxy groups -OCH3 is 2. The molecule has 0 aliphatic carbocycles. The van der Waals surface area contributed by atoms with Crippen molar-refractivity contribution in [1.82, 2.24) is 9.97 Å². The Balaban J connectivity index is 2.13. The first-order chi connectivity index (χ1) is 11.3. The van der Waals surface area contributed by atoms with Crippen molar-refractivity contribution in [1.29, 1.82) is 0 Å². The summed E-state index contributed by atoms with van der Waals surface area (Å²) in [5.74, 6) is 1.29. The van der Waals surface area contributed by atoms with Crippen LogP contribution < -0.4 is 9.47 Å². The molecule has 0 saturated carbocycles. The van der Waals surface area contributed by atoms with Crippen LogP contribution in [-0.2, 0) is 6.42 Å². The maximum absolute atomic E-state index is 9.01. The van der Waals surface area contributed by atoms with Gasteiger partial charge in [0, 0.05) is 23.6 Å². The van der Waals surface area contributed by atoms with Crippen LogP contribution >= 0.6 is 0 Å². The van der Waals surface area contributed by atoms with Crippen molar-refractivity contribution in [3.8, 4) is 22.8 Å². The molecular formula is C18H18N2O3.